The molecule has 1 amide bonds. The van der Waals surface area contributed by atoms with Crippen molar-refractivity contribution in [1.82, 2.24) is 4.72 Å². The van der Waals surface area contributed by atoms with E-state index in [1.54, 1.807) is 6.07 Å². The Morgan fingerprint density at radius 1 is 1.25 bits per heavy atom. The van der Waals surface area contributed by atoms with Crippen LogP contribution in [0.5, 0.6) is 5.75 Å². The van der Waals surface area contributed by atoms with Gasteiger partial charge < -0.3 is 10.1 Å². The minimum Gasteiger partial charge on any atom is -0.482 e. The van der Waals surface area contributed by atoms with Crippen LogP contribution in [0.1, 0.15) is 32.1 Å². The Morgan fingerprint density at radius 2 is 2.12 bits per heavy atom. The summed E-state index contributed by atoms with van der Waals surface area (Å²) in [5.74, 6) is 2.57. The predicted molar refractivity (Wildman–Crippen MR) is 89.3 cm³/mol. The molecule has 0 radical (unpaired) electrons. The van der Waals surface area contributed by atoms with Gasteiger partial charge in [-0.1, -0.05) is 6.42 Å². The van der Waals surface area contributed by atoms with Crippen molar-refractivity contribution >= 4 is 21.6 Å². The molecule has 0 spiro atoms. The van der Waals surface area contributed by atoms with E-state index in [4.69, 9.17) is 4.74 Å². The molecule has 1 heterocycles. The molecule has 0 saturated heterocycles. The van der Waals surface area contributed by atoms with Crippen molar-refractivity contribution in [3.8, 4) is 5.75 Å². The molecule has 2 bridgehead atoms. The Labute approximate surface area is 142 Å². The minimum atomic E-state index is -3.57. The Balaban J connectivity index is 1.39. The summed E-state index contributed by atoms with van der Waals surface area (Å²) in [4.78, 5) is 11.5. The molecule has 2 aliphatic carbocycles. The van der Waals surface area contributed by atoms with Crippen LogP contribution in [0.2, 0.25) is 0 Å². The highest BCUT2D eigenvalue weighted by Crippen LogP contribution is 2.49. The summed E-state index contributed by atoms with van der Waals surface area (Å²) < 4.78 is 32.9. The number of ether oxygens (including phenoxy) is 1. The molecule has 3 atom stereocenters. The van der Waals surface area contributed by atoms with Crippen LogP contribution in [0.25, 0.3) is 0 Å². The average Bonchev–Trinajstić information content (AvgIpc) is 3.17. The van der Waals surface area contributed by atoms with Crippen LogP contribution in [-0.2, 0) is 14.8 Å². The van der Waals surface area contributed by atoms with Crippen molar-refractivity contribution in [3.63, 3.8) is 0 Å². The van der Waals surface area contributed by atoms with E-state index >= 15 is 0 Å². The smallest absolute Gasteiger partial charge is 0.262 e. The van der Waals surface area contributed by atoms with Crippen LogP contribution in [0, 0.1) is 17.8 Å². The summed E-state index contributed by atoms with van der Waals surface area (Å²) in [5.41, 5.74) is 0.405. The fraction of sp³-hybridized carbons (Fsp3) is 0.588. The van der Waals surface area contributed by atoms with E-state index in [1.807, 2.05) is 0 Å². The predicted octanol–water partition coefficient (Wildman–Crippen LogP) is 2.12. The van der Waals surface area contributed by atoms with E-state index in [1.165, 1.54) is 37.8 Å². The Hall–Kier alpha value is -1.60. The molecular formula is C17H22N2O4S. The summed E-state index contributed by atoms with van der Waals surface area (Å²) in [6, 6.07) is 4.54. The lowest BCUT2D eigenvalue weighted by Crippen LogP contribution is -2.28. The van der Waals surface area contributed by atoms with E-state index in [-0.39, 0.29) is 17.4 Å². The molecule has 6 nitrogen and oxygen atoms in total. The molecule has 4 rings (SSSR count). The van der Waals surface area contributed by atoms with Gasteiger partial charge in [-0.05, 0) is 61.6 Å². The number of sulfonamides is 1. The number of hydrogen-bond donors (Lipinski definition) is 2. The summed E-state index contributed by atoms with van der Waals surface area (Å²) in [6.07, 6.45) is 6.17. The summed E-state index contributed by atoms with van der Waals surface area (Å²) in [6.45, 7) is 0.428. The maximum atomic E-state index is 12.5. The van der Waals surface area contributed by atoms with E-state index in [9.17, 15) is 13.2 Å². The number of carbonyl (C=O) groups excluding carboxylic acids is 1. The standard InChI is InChI=1S/C17H22N2O4S/c20-17-10-23-16-4-3-14(9-15(16)19-17)24(21,22)18-6-5-13-8-11-1-2-12(13)7-11/h3-4,9,11-13,18H,1-2,5-8,10H2,(H,19,20)/t11-,12-,13+/m0/s1. The molecule has 0 aromatic heterocycles. The van der Waals surface area contributed by atoms with Gasteiger partial charge in [-0.3, -0.25) is 4.79 Å². The van der Waals surface area contributed by atoms with E-state index in [2.05, 4.69) is 10.0 Å². The van der Waals surface area contributed by atoms with Crippen LogP contribution in [-0.4, -0.2) is 27.5 Å². The van der Waals surface area contributed by atoms with Crippen LogP contribution >= 0.6 is 0 Å². The Bertz CT molecular complexity index is 762. The van der Waals surface area contributed by atoms with Gasteiger partial charge in [0.05, 0.1) is 10.6 Å². The number of fused-ring (bicyclic) bond motifs is 3. The fourth-order valence-electron chi connectivity index (χ4n) is 4.42. The highest BCUT2D eigenvalue weighted by atomic mass is 32.2. The van der Waals surface area contributed by atoms with Gasteiger partial charge in [0.25, 0.3) is 5.91 Å². The third kappa shape index (κ3) is 3.02. The van der Waals surface area contributed by atoms with Gasteiger partial charge >= 0.3 is 0 Å². The van der Waals surface area contributed by atoms with E-state index in [0.29, 0.717) is 23.9 Å². The van der Waals surface area contributed by atoms with Gasteiger partial charge in [-0.15, -0.1) is 0 Å². The third-order valence-corrected chi connectivity index (χ3v) is 7.04. The molecule has 7 heteroatoms. The largest absolute Gasteiger partial charge is 0.482 e. The Kier molecular flexibility index (Phi) is 4.00. The average molecular weight is 350 g/mol. The second-order valence-corrected chi connectivity index (χ2v) is 8.88. The quantitative estimate of drug-likeness (QED) is 0.852. The number of rotatable bonds is 5. The summed E-state index contributed by atoms with van der Waals surface area (Å²) in [5, 5.41) is 2.64. The molecule has 2 N–H and O–H groups in total. The minimum absolute atomic E-state index is 0.0408. The normalized spacial score (nSPS) is 28.3. The molecule has 2 fully saturated rings. The zero-order valence-corrected chi connectivity index (χ0v) is 14.3. The second-order valence-electron chi connectivity index (χ2n) is 7.12. The number of benzene rings is 1. The highest BCUT2D eigenvalue weighted by molar-refractivity contribution is 7.89. The van der Waals surface area contributed by atoms with Gasteiger partial charge in [0.1, 0.15) is 5.75 Å². The van der Waals surface area contributed by atoms with Crippen molar-refractivity contribution in [2.24, 2.45) is 17.8 Å². The lowest BCUT2D eigenvalue weighted by molar-refractivity contribution is -0.118. The molecule has 130 valence electrons. The van der Waals surface area contributed by atoms with Crippen LogP contribution in [0.4, 0.5) is 5.69 Å². The van der Waals surface area contributed by atoms with Gasteiger partial charge in [0, 0.05) is 6.54 Å². The lowest BCUT2D eigenvalue weighted by atomic mass is 9.86. The monoisotopic (exact) mass is 350 g/mol. The summed E-state index contributed by atoms with van der Waals surface area (Å²) in [7, 11) is -3.57. The molecule has 1 aromatic carbocycles. The lowest BCUT2D eigenvalue weighted by Gasteiger charge is -2.21. The summed E-state index contributed by atoms with van der Waals surface area (Å²) >= 11 is 0. The zero-order chi connectivity index (χ0) is 16.7. The van der Waals surface area contributed by atoms with Crippen molar-refractivity contribution in [2.75, 3.05) is 18.5 Å². The first-order chi connectivity index (χ1) is 11.5. The van der Waals surface area contributed by atoms with Gasteiger partial charge in [-0.25, -0.2) is 13.1 Å². The first-order valence-corrected chi connectivity index (χ1v) is 10.1. The SMILES string of the molecule is O=C1COc2ccc(S(=O)(=O)NCC[C@@H]3C[C@H]4CC[C@H]3C4)cc2N1. The fourth-order valence-corrected chi connectivity index (χ4v) is 5.49. The zero-order valence-electron chi connectivity index (χ0n) is 13.5. The molecule has 3 aliphatic rings. The van der Waals surface area contributed by atoms with Crippen molar-refractivity contribution in [2.45, 2.75) is 37.0 Å². The second kappa shape index (κ2) is 6.04. The van der Waals surface area contributed by atoms with E-state index in [0.717, 1.165) is 18.3 Å². The van der Waals surface area contributed by atoms with Gasteiger partial charge in [0.15, 0.2) is 6.61 Å². The maximum absolute atomic E-state index is 12.5. The number of hydrogen-bond acceptors (Lipinski definition) is 4. The number of nitrogens with one attached hydrogen (secondary N) is 2. The topological polar surface area (TPSA) is 84.5 Å². The van der Waals surface area contributed by atoms with Crippen LogP contribution in [0.15, 0.2) is 23.1 Å². The molecule has 1 aliphatic heterocycles. The first-order valence-electron chi connectivity index (χ1n) is 8.57. The van der Waals surface area contributed by atoms with Crippen molar-refractivity contribution < 1.29 is 17.9 Å². The van der Waals surface area contributed by atoms with Crippen LogP contribution in [0.3, 0.4) is 0 Å². The number of carbonyl (C=O) groups is 1. The van der Waals surface area contributed by atoms with Crippen molar-refractivity contribution in [3.05, 3.63) is 18.2 Å². The number of amides is 1. The molecule has 0 unspecified atom stereocenters. The van der Waals surface area contributed by atoms with Crippen LogP contribution < -0.4 is 14.8 Å². The highest BCUT2D eigenvalue weighted by Gasteiger charge is 2.38. The van der Waals surface area contributed by atoms with Gasteiger partial charge in [0.2, 0.25) is 10.0 Å². The molecular weight excluding hydrogens is 328 g/mol. The number of anilines is 1. The molecule has 24 heavy (non-hydrogen) atoms. The molecule has 2 saturated carbocycles. The van der Waals surface area contributed by atoms with E-state index < -0.39 is 10.0 Å². The third-order valence-electron chi connectivity index (χ3n) is 5.59. The first kappa shape index (κ1) is 15.9. The Morgan fingerprint density at radius 3 is 2.88 bits per heavy atom. The maximum Gasteiger partial charge on any atom is 0.262 e. The molecule has 1 aromatic rings. The van der Waals surface area contributed by atoms with Gasteiger partial charge in [-0.2, -0.15) is 0 Å². The van der Waals surface area contributed by atoms with Crippen molar-refractivity contribution in [1.29, 1.82) is 0 Å².